The van der Waals surface area contributed by atoms with Crippen LogP contribution in [0, 0.1) is 5.82 Å². The van der Waals surface area contributed by atoms with Gasteiger partial charge in [0.25, 0.3) is 0 Å². The Hall–Kier alpha value is -2.88. The average Bonchev–Trinajstić information content (AvgIpc) is 3.13. The van der Waals surface area contributed by atoms with E-state index in [1.165, 1.54) is 22.6 Å². The van der Waals surface area contributed by atoms with Crippen LogP contribution in [0.25, 0.3) is 0 Å². The van der Waals surface area contributed by atoms with Crippen molar-refractivity contribution >= 4 is 10.0 Å². The number of likely N-dealkylation sites (tertiary alicyclic amines) is 1. The maximum Gasteiger partial charge on any atom is 0.249 e. The van der Waals surface area contributed by atoms with Crippen molar-refractivity contribution in [3.05, 3.63) is 84.1 Å². The summed E-state index contributed by atoms with van der Waals surface area (Å²) in [5.41, 5.74) is 1.21. The molecule has 160 valence electrons. The molecule has 4 heterocycles. The van der Waals surface area contributed by atoms with Gasteiger partial charge in [-0.15, -0.1) is 0 Å². The first-order valence-corrected chi connectivity index (χ1v) is 11.5. The molecule has 2 aromatic heterocycles. The SMILES string of the molecule is O=S1(=O)c2cccnc2O[C@H]2CN(Cc3ccccc3F)C[C@H]2N1Cc1ccccn1. The van der Waals surface area contributed by atoms with Crippen molar-refractivity contribution in [2.75, 3.05) is 13.1 Å². The van der Waals surface area contributed by atoms with Crippen molar-refractivity contribution in [2.24, 2.45) is 0 Å². The molecule has 7 nitrogen and oxygen atoms in total. The van der Waals surface area contributed by atoms with Gasteiger partial charge in [0.15, 0.2) is 0 Å². The van der Waals surface area contributed by atoms with E-state index in [4.69, 9.17) is 4.74 Å². The zero-order chi connectivity index (χ0) is 21.4. The highest BCUT2D eigenvalue weighted by Crippen LogP contribution is 2.36. The Morgan fingerprint density at radius 3 is 2.58 bits per heavy atom. The summed E-state index contributed by atoms with van der Waals surface area (Å²) >= 11 is 0. The number of sulfonamides is 1. The molecule has 9 heteroatoms. The van der Waals surface area contributed by atoms with Crippen LogP contribution in [0.3, 0.4) is 0 Å². The number of hydrogen-bond acceptors (Lipinski definition) is 6. The summed E-state index contributed by atoms with van der Waals surface area (Å²) in [6.07, 6.45) is 2.73. The van der Waals surface area contributed by atoms with Gasteiger partial charge in [-0.05, 0) is 30.3 Å². The van der Waals surface area contributed by atoms with E-state index in [1.807, 2.05) is 11.0 Å². The number of ether oxygens (including phenoxy) is 1. The molecule has 0 saturated carbocycles. The zero-order valence-corrected chi connectivity index (χ0v) is 17.5. The summed E-state index contributed by atoms with van der Waals surface area (Å²) < 4.78 is 48.9. The largest absolute Gasteiger partial charge is 0.470 e. The van der Waals surface area contributed by atoms with Crippen molar-refractivity contribution < 1.29 is 17.5 Å². The lowest BCUT2D eigenvalue weighted by molar-refractivity contribution is 0.143. The summed E-state index contributed by atoms with van der Waals surface area (Å²) in [5, 5.41) is 0. The van der Waals surface area contributed by atoms with E-state index in [2.05, 4.69) is 9.97 Å². The van der Waals surface area contributed by atoms with E-state index in [1.54, 1.807) is 42.6 Å². The molecule has 5 rings (SSSR count). The minimum atomic E-state index is -3.87. The lowest BCUT2D eigenvalue weighted by Gasteiger charge is -2.27. The van der Waals surface area contributed by atoms with Gasteiger partial charge >= 0.3 is 0 Å². The van der Waals surface area contributed by atoms with E-state index in [-0.39, 0.29) is 23.1 Å². The summed E-state index contributed by atoms with van der Waals surface area (Å²) in [6.45, 7) is 1.37. The Labute approximate surface area is 180 Å². The second-order valence-electron chi connectivity index (χ2n) is 7.69. The second kappa shape index (κ2) is 7.99. The molecule has 1 fully saturated rings. The number of fused-ring (bicyclic) bond motifs is 2. The first-order valence-electron chi connectivity index (χ1n) is 10.0. The van der Waals surface area contributed by atoms with E-state index >= 15 is 0 Å². The molecule has 1 aromatic carbocycles. The third-order valence-electron chi connectivity index (χ3n) is 5.66. The number of pyridine rings is 2. The Bertz CT molecular complexity index is 1190. The van der Waals surface area contributed by atoms with Crippen LogP contribution >= 0.6 is 0 Å². The normalized spacial score (nSPS) is 22.9. The van der Waals surface area contributed by atoms with Crippen molar-refractivity contribution in [1.29, 1.82) is 0 Å². The van der Waals surface area contributed by atoms with Gasteiger partial charge in [0, 0.05) is 37.6 Å². The first kappa shape index (κ1) is 20.0. The van der Waals surface area contributed by atoms with Crippen LogP contribution < -0.4 is 4.74 Å². The fourth-order valence-electron chi connectivity index (χ4n) is 4.18. The lowest BCUT2D eigenvalue weighted by atomic mass is 10.2. The van der Waals surface area contributed by atoms with Gasteiger partial charge < -0.3 is 4.74 Å². The molecule has 0 aliphatic carbocycles. The van der Waals surface area contributed by atoms with Crippen LogP contribution in [0.1, 0.15) is 11.3 Å². The van der Waals surface area contributed by atoms with Crippen LogP contribution in [-0.2, 0) is 23.1 Å². The van der Waals surface area contributed by atoms with Crippen molar-refractivity contribution in [3.63, 3.8) is 0 Å². The van der Waals surface area contributed by atoms with Gasteiger partial charge in [-0.25, -0.2) is 17.8 Å². The number of nitrogens with zero attached hydrogens (tertiary/aromatic N) is 4. The monoisotopic (exact) mass is 440 g/mol. The number of rotatable bonds is 4. The van der Waals surface area contributed by atoms with Gasteiger partial charge in [-0.1, -0.05) is 24.3 Å². The molecule has 3 aromatic rings. The Morgan fingerprint density at radius 1 is 0.968 bits per heavy atom. The first-order chi connectivity index (χ1) is 15.0. The molecular formula is C22H21FN4O3S. The number of hydrogen-bond donors (Lipinski definition) is 0. The third kappa shape index (κ3) is 3.80. The van der Waals surface area contributed by atoms with E-state index in [0.717, 1.165) is 0 Å². The van der Waals surface area contributed by atoms with Crippen LogP contribution in [0.5, 0.6) is 5.88 Å². The van der Waals surface area contributed by atoms with Crippen LogP contribution in [-0.4, -0.2) is 52.8 Å². The minimum Gasteiger partial charge on any atom is -0.470 e. The van der Waals surface area contributed by atoms with Crippen molar-refractivity contribution in [2.45, 2.75) is 30.1 Å². The molecule has 0 spiro atoms. The highest BCUT2D eigenvalue weighted by atomic mass is 32.2. The minimum absolute atomic E-state index is 0.0565. The highest BCUT2D eigenvalue weighted by Gasteiger charge is 2.47. The predicted octanol–water partition coefficient (Wildman–Crippen LogP) is 2.45. The zero-order valence-electron chi connectivity index (χ0n) is 16.6. The van der Waals surface area contributed by atoms with Gasteiger partial charge in [-0.2, -0.15) is 4.31 Å². The fourth-order valence-corrected chi connectivity index (χ4v) is 5.87. The van der Waals surface area contributed by atoms with Gasteiger partial charge in [0.05, 0.1) is 18.3 Å². The number of benzene rings is 1. The number of halogens is 1. The van der Waals surface area contributed by atoms with E-state index in [9.17, 15) is 12.8 Å². The summed E-state index contributed by atoms with van der Waals surface area (Å²) in [7, 11) is -3.87. The smallest absolute Gasteiger partial charge is 0.249 e. The summed E-state index contributed by atoms with van der Waals surface area (Å²) in [4.78, 5) is 10.6. The van der Waals surface area contributed by atoms with E-state index < -0.39 is 22.2 Å². The molecule has 0 N–H and O–H groups in total. The molecule has 0 bridgehead atoms. The lowest BCUT2D eigenvalue weighted by Crippen LogP contribution is -2.46. The molecular weight excluding hydrogens is 419 g/mol. The van der Waals surface area contributed by atoms with Gasteiger partial charge in [0.1, 0.15) is 16.8 Å². The van der Waals surface area contributed by atoms with Gasteiger partial charge in [-0.3, -0.25) is 9.88 Å². The molecule has 1 saturated heterocycles. The van der Waals surface area contributed by atoms with E-state index in [0.29, 0.717) is 30.9 Å². The maximum atomic E-state index is 14.2. The number of aromatic nitrogens is 2. The molecule has 2 aliphatic rings. The second-order valence-corrected chi connectivity index (χ2v) is 9.55. The standard InChI is InChI=1S/C22H21FN4O3S/c23-18-8-2-1-6-16(18)12-26-14-19-20(15-26)30-22-21(9-5-11-25-22)31(28,29)27(19)13-17-7-3-4-10-24-17/h1-11,19-20H,12-15H2/t19-,20+/m1/s1. The van der Waals surface area contributed by atoms with Crippen LogP contribution in [0.15, 0.2) is 71.9 Å². The summed E-state index contributed by atoms with van der Waals surface area (Å²) in [6, 6.07) is 14.7. The molecule has 2 aliphatic heterocycles. The predicted molar refractivity (Wildman–Crippen MR) is 111 cm³/mol. The molecule has 2 atom stereocenters. The Kier molecular flexibility index (Phi) is 5.17. The Balaban J connectivity index is 1.51. The molecule has 0 radical (unpaired) electrons. The summed E-state index contributed by atoms with van der Waals surface area (Å²) in [5.74, 6) is -0.172. The van der Waals surface area contributed by atoms with Crippen molar-refractivity contribution in [3.8, 4) is 5.88 Å². The van der Waals surface area contributed by atoms with Crippen LogP contribution in [0.2, 0.25) is 0 Å². The third-order valence-corrected chi connectivity index (χ3v) is 7.55. The molecule has 0 amide bonds. The van der Waals surface area contributed by atoms with Gasteiger partial charge in [0.2, 0.25) is 15.9 Å². The highest BCUT2D eigenvalue weighted by molar-refractivity contribution is 7.89. The fraction of sp³-hybridized carbons (Fsp3) is 0.273. The molecule has 0 unspecified atom stereocenters. The maximum absolute atomic E-state index is 14.2. The molecule has 31 heavy (non-hydrogen) atoms. The van der Waals surface area contributed by atoms with Crippen LogP contribution in [0.4, 0.5) is 4.39 Å². The topological polar surface area (TPSA) is 75.6 Å². The average molecular weight is 441 g/mol. The van der Waals surface area contributed by atoms with Crippen molar-refractivity contribution in [1.82, 2.24) is 19.2 Å². The quantitative estimate of drug-likeness (QED) is 0.621. The Morgan fingerprint density at radius 2 is 1.77 bits per heavy atom.